The van der Waals surface area contributed by atoms with Crippen molar-refractivity contribution in [1.82, 2.24) is 10.2 Å². The summed E-state index contributed by atoms with van der Waals surface area (Å²) >= 11 is 5.01. The van der Waals surface area contributed by atoms with E-state index in [1.807, 2.05) is 19.1 Å². The monoisotopic (exact) mass is 283 g/mol. The van der Waals surface area contributed by atoms with Crippen LogP contribution in [0.15, 0.2) is 28.7 Å². The third kappa shape index (κ3) is 3.00. The summed E-state index contributed by atoms with van der Waals surface area (Å²) in [4.78, 5) is 0. The van der Waals surface area contributed by atoms with Crippen molar-refractivity contribution < 1.29 is 0 Å². The standard InChI is InChI=1S/C10H10BrN3S/c1-7-13-14-10(15-7)12-6-8-3-2-4-9(11)5-8/h2-5H,6H2,1H3,(H,12,14). The highest BCUT2D eigenvalue weighted by Crippen LogP contribution is 2.16. The topological polar surface area (TPSA) is 37.8 Å². The van der Waals surface area contributed by atoms with Crippen molar-refractivity contribution in [2.24, 2.45) is 0 Å². The van der Waals surface area contributed by atoms with E-state index in [1.54, 1.807) is 11.3 Å². The second kappa shape index (κ2) is 4.72. The number of anilines is 1. The minimum Gasteiger partial charge on any atom is -0.356 e. The van der Waals surface area contributed by atoms with E-state index in [0.717, 1.165) is 21.2 Å². The molecular weight excluding hydrogens is 274 g/mol. The van der Waals surface area contributed by atoms with E-state index in [-0.39, 0.29) is 0 Å². The van der Waals surface area contributed by atoms with E-state index in [0.29, 0.717) is 0 Å². The van der Waals surface area contributed by atoms with Gasteiger partial charge in [0, 0.05) is 11.0 Å². The largest absolute Gasteiger partial charge is 0.356 e. The minimum atomic E-state index is 0.772. The lowest BCUT2D eigenvalue weighted by Gasteiger charge is -2.02. The third-order valence-electron chi connectivity index (χ3n) is 1.86. The normalized spacial score (nSPS) is 10.3. The van der Waals surface area contributed by atoms with Gasteiger partial charge in [-0.05, 0) is 24.6 Å². The summed E-state index contributed by atoms with van der Waals surface area (Å²) in [6, 6.07) is 8.19. The third-order valence-corrected chi connectivity index (χ3v) is 3.15. The lowest BCUT2D eigenvalue weighted by Crippen LogP contribution is -1.98. The number of benzene rings is 1. The second-order valence-electron chi connectivity index (χ2n) is 3.11. The molecule has 0 radical (unpaired) electrons. The fraction of sp³-hybridized carbons (Fsp3) is 0.200. The molecule has 1 N–H and O–H groups in total. The predicted octanol–water partition coefficient (Wildman–Crippen LogP) is 3.22. The molecule has 0 fully saturated rings. The van der Waals surface area contributed by atoms with Crippen LogP contribution in [0, 0.1) is 6.92 Å². The van der Waals surface area contributed by atoms with Gasteiger partial charge in [-0.25, -0.2) is 0 Å². The van der Waals surface area contributed by atoms with Crippen molar-refractivity contribution in [2.75, 3.05) is 5.32 Å². The van der Waals surface area contributed by atoms with E-state index in [4.69, 9.17) is 0 Å². The molecule has 1 heterocycles. The van der Waals surface area contributed by atoms with Crippen molar-refractivity contribution >= 4 is 32.4 Å². The van der Waals surface area contributed by atoms with Crippen LogP contribution in [0.1, 0.15) is 10.6 Å². The zero-order valence-electron chi connectivity index (χ0n) is 8.20. The van der Waals surface area contributed by atoms with E-state index in [2.05, 4.69) is 43.6 Å². The second-order valence-corrected chi connectivity index (χ2v) is 5.21. The maximum Gasteiger partial charge on any atom is 0.205 e. The number of nitrogens with zero attached hydrogens (tertiary/aromatic N) is 2. The number of hydrogen-bond donors (Lipinski definition) is 1. The highest BCUT2D eigenvalue weighted by atomic mass is 79.9. The maximum absolute atomic E-state index is 4.00. The van der Waals surface area contributed by atoms with E-state index in [9.17, 15) is 0 Å². The van der Waals surface area contributed by atoms with E-state index < -0.39 is 0 Å². The molecule has 0 aliphatic heterocycles. The molecule has 2 aromatic rings. The number of aryl methyl sites for hydroxylation is 1. The van der Waals surface area contributed by atoms with Gasteiger partial charge in [0.25, 0.3) is 0 Å². The fourth-order valence-corrected chi connectivity index (χ4v) is 2.23. The van der Waals surface area contributed by atoms with Crippen LogP contribution in [0.5, 0.6) is 0 Å². The highest BCUT2D eigenvalue weighted by molar-refractivity contribution is 9.10. The lowest BCUT2D eigenvalue weighted by molar-refractivity contribution is 1.02. The Morgan fingerprint density at radius 2 is 2.27 bits per heavy atom. The van der Waals surface area contributed by atoms with Gasteiger partial charge in [0.05, 0.1) is 0 Å². The van der Waals surface area contributed by atoms with Crippen LogP contribution in [0.25, 0.3) is 0 Å². The Kier molecular flexibility index (Phi) is 3.33. The molecule has 1 aromatic heterocycles. The molecule has 0 atom stereocenters. The van der Waals surface area contributed by atoms with Gasteiger partial charge in [0.15, 0.2) is 0 Å². The van der Waals surface area contributed by atoms with Crippen molar-refractivity contribution in [2.45, 2.75) is 13.5 Å². The van der Waals surface area contributed by atoms with Crippen molar-refractivity contribution in [3.8, 4) is 0 Å². The molecule has 3 nitrogen and oxygen atoms in total. The number of halogens is 1. The summed E-state index contributed by atoms with van der Waals surface area (Å²) in [7, 11) is 0. The predicted molar refractivity (Wildman–Crippen MR) is 66.1 cm³/mol. The van der Waals surface area contributed by atoms with Crippen molar-refractivity contribution in [3.05, 3.63) is 39.3 Å². The first kappa shape index (κ1) is 10.6. The van der Waals surface area contributed by atoms with Gasteiger partial charge in [-0.1, -0.05) is 39.4 Å². The van der Waals surface area contributed by atoms with Gasteiger partial charge in [-0.2, -0.15) is 0 Å². The van der Waals surface area contributed by atoms with E-state index in [1.165, 1.54) is 5.56 Å². The minimum absolute atomic E-state index is 0.772. The highest BCUT2D eigenvalue weighted by Gasteiger charge is 1.99. The smallest absolute Gasteiger partial charge is 0.205 e. The Morgan fingerprint density at radius 3 is 2.93 bits per heavy atom. The molecule has 0 aliphatic carbocycles. The first-order valence-electron chi connectivity index (χ1n) is 4.52. The quantitative estimate of drug-likeness (QED) is 0.940. The van der Waals surface area contributed by atoms with Gasteiger partial charge < -0.3 is 5.32 Å². The molecule has 0 saturated carbocycles. The average molecular weight is 284 g/mol. The number of aromatic nitrogens is 2. The van der Waals surface area contributed by atoms with Gasteiger partial charge in [-0.3, -0.25) is 0 Å². The molecule has 0 amide bonds. The van der Waals surface area contributed by atoms with Gasteiger partial charge >= 0.3 is 0 Å². The van der Waals surface area contributed by atoms with Crippen LogP contribution < -0.4 is 5.32 Å². The van der Waals surface area contributed by atoms with Crippen LogP contribution >= 0.6 is 27.3 Å². The molecule has 0 spiro atoms. The zero-order valence-corrected chi connectivity index (χ0v) is 10.6. The number of hydrogen-bond acceptors (Lipinski definition) is 4. The molecule has 5 heteroatoms. The Morgan fingerprint density at radius 1 is 1.40 bits per heavy atom. The van der Waals surface area contributed by atoms with Crippen LogP contribution in [-0.4, -0.2) is 10.2 Å². The van der Waals surface area contributed by atoms with Gasteiger partial charge in [0.1, 0.15) is 5.01 Å². The molecule has 15 heavy (non-hydrogen) atoms. The SMILES string of the molecule is Cc1nnc(NCc2cccc(Br)c2)s1. The Bertz CT molecular complexity index is 455. The Hall–Kier alpha value is -0.940. The van der Waals surface area contributed by atoms with Crippen LogP contribution in [0.3, 0.4) is 0 Å². The molecule has 1 aromatic carbocycles. The molecule has 0 aliphatic rings. The summed E-state index contributed by atoms with van der Waals surface area (Å²) in [5.41, 5.74) is 1.22. The van der Waals surface area contributed by atoms with Crippen LogP contribution in [0.4, 0.5) is 5.13 Å². The summed E-state index contributed by atoms with van der Waals surface area (Å²) < 4.78 is 1.09. The average Bonchev–Trinajstić information content (AvgIpc) is 2.62. The molecule has 0 unspecified atom stereocenters. The summed E-state index contributed by atoms with van der Waals surface area (Å²) in [5.74, 6) is 0. The Balaban J connectivity index is 1.99. The summed E-state index contributed by atoms with van der Waals surface area (Å²) in [6.07, 6.45) is 0. The lowest BCUT2D eigenvalue weighted by atomic mass is 10.2. The van der Waals surface area contributed by atoms with Crippen LogP contribution in [-0.2, 0) is 6.54 Å². The first-order chi connectivity index (χ1) is 7.24. The fourth-order valence-electron chi connectivity index (χ4n) is 1.19. The van der Waals surface area contributed by atoms with Crippen LogP contribution in [0.2, 0.25) is 0 Å². The molecule has 0 saturated heterocycles. The molecule has 0 bridgehead atoms. The molecular formula is C10H10BrN3S. The number of rotatable bonds is 3. The molecule has 2 rings (SSSR count). The van der Waals surface area contributed by atoms with Gasteiger partial charge in [0.2, 0.25) is 5.13 Å². The Labute approximate surface area is 101 Å². The molecule has 78 valence electrons. The summed E-state index contributed by atoms with van der Waals surface area (Å²) in [6.45, 7) is 2.72. The maximum atomic E-state index is 4.00. The first-order valence-corrected chi connectivity index (χ1v) is 6.13. The zero-order chi connectivity index (χ0) is 10.7. The number of nitrogens with one attached hydrogen (secondary N) is 1. The van der Waals surface area contributed by atoms with Gasteiger partial charge in [-0.15, -0.1) is 10.2 Å². The van der Waals surface area contributed by atoms with E-state index >= 15 is 0 Å². The van der Waals surface area contributed by atoms with Crippen molar-refractivity contribution in [3.63, 3.8) is 0 Å². The summed E-state index contributed by atoms with van der Waals surface area (Å²) in [5, 5.41) is 13.0. The van der Waals surface area contributed by atoms with Crippen molar-refractivity contribution in [1.29, 1.82) is 0 Å².